The molecule has 0 saturated carbocycles. The second-order valence-electron chi connectivity index (χ2n) is 5.61. The molecule has 114 valence electrons. The lowest BCUT2D eigenvalue weighted by Gasteiger charge is -2.37. The van der Waals surface area contributed by atoms with Gasteiger partial charge in [0.05, 0.1) is 22.9 Å². The third-order valence-corrected chi connectivity index (χ3v) is 4.51. The average molecular weight is 310 g/mol. The Kier molecular flexibility index (Phi) is 4.33. The van der Waals surface area contributed by atoms with E-state index in [2.05, 4.69) is 10.2 Å². The van der Waals surface area contributed by atoms with E-state index in [4.69, 9.17) is 11.6 Å². The average Bonchev–Trinajstić information content (AvgIpc) is 2.94. The lowest BCUT2D eigenvalue weighted by atomic mass is 10.1. The largest absolute Gasteiger partial charge is 0.392 e. The van der Waals surface area contributed by atoms with Crippen LogP contribution in [0.1, 0.15) is 6.42 Å². The molecule has 0 radical (unpaired) electrons. The van der Waals surface area contributed by atoms with Crippen LogP contribution in [0.4, 0.5) is 5.69 Å². The van der Waals surface area contributed by atoms with Crippen LogP contribution in [0.2, 0.25) is 5.02 Å². The van der Waals surface area contributed by atoms with Crippen molar-refractivity contribution in [3.63, 3.8) is 0 Å². The van der Waals surface area contributed by atoms with E-state index in [1.165, 1.54) is 0 Å². The standard InChI is InChI=1S/C15H20ClN3O2/c16-12-3-1-2-4-14(12)18-5-7-19(8-6-18)15(21)13-9-11(20)10-17-13/h1-4,11,13,17,20H,5-10H2/t11-,13+/m0/s1. The smallest absolute Gasteiger partial charge is 0.239 e. The third kappa shape index (κ3) is 3.15. The minimum Gasteiger partial charge on any atom is -0.392 e. The van der Waals surface area contributed by atoms with Gasteiger partial charge in [-0.05, 0) is 18.6 Å². The first kappa shape index (κ1) is 14.6. The fourth-order valence-electron chi connectivity index (χ4n) is 3.00. The highest BCUT2D eigenvalue weighted by Crippen LogP contribution is 2.26. The van der Waals surface area contributed by atoms with Gasteiger partial charge in [0.15, 0.2) is 0 Å². The van der Waals surface area contributed by atoms with Crippen molar-refractivity contribution in [2.75, 3.05) is 37.6 Å². The van der Waals surface area contributed by atoms with Crippen LogP contribution in [-0.4, -0.2) is 60.8 Å². The van der Waals surface area contributed by atoms with Crippen LogP contribution < -0.4 is 10.2 Å². The van der Waals surface area contributed by atoms with Gasteiger partial charge in [0.25, 0.3) is 0 Å². The van der Waals surface area contributed by atoms with E-state index in [0.717, 1.165) is 23.8 Å². The fourth-order valence-corrected chi connectivity index (χ4v) is 3.26. The number of aliphatic hydroxyl groups is 1. The quantitative estimate of drug-likeness (QED) is 0.845. The molecule has 2 aliphatic heterocycles. The van der Waals surface area contributed by atoms with Crippen molar-refractivity contribution in [1.29, 1.82) is 0 Å². The Morgan fingerprint density at radius 2 is 1.95 bits per heavy atom. The second-order valence-corrected chi connectivity index (χ2v) is 6.02. The summed E-state index contributed by atoms with van der Waals surface area (Å²) in [4.78, 5) is 16.5. The lowest BCUT2D eigenvalue weighted by Crippen LogP contribution is -2.53. The van der Waals surface area contributed by atoms with Crippen LogP contribution in [0.5, 0.6) is 0 Å². The number of amides is 1. The number of aliphatic hydroxyl groups excluding tert-OH is 1. The van der Waals surface area contributed by atoms with E-state index < -0.39 is 6.10 Å². The zero-order chi connectivity index (χ0) is 14.8. The van der Waals surface area contributed by atoms with E-state index in [-0.39, 0.29) is 11.9 Å². The Hall–Kier alpha value is -1.30. The summed E-state index contributed by atoms with van der Waals surface area (Å²) < 4.78 is 0. The first-order valence-corrected chi connectivity index (χ1v) is 7.72. The normalized spacial score (nSPS) is 26.2. The molecule has 2 atom stereocenters. The first-order valence-electron chi connectivity index (χ1n) is 7.35. The molecule has 0 spiro atoms. The van der Waals surface area contributed by atoms with Crippen molar-refractivity contribution < 1.29 is 9.90 Å². The number of nitrogens with zero attached hydrogens (tertiary/aromatic N) is 2. The molecule has 3 rings (SSSR count). The summed E-state index contributed by atoms with van der Waals surface area (Å²) >= 11 is 6.22. The van der Waals surface area contributed by atoms with Crippen LogP contribution in [-0.2, 0) is 4.79 Å². The Labute approximate surface area is 129 Å². The van der Waals surface area contributed by atoms with Gasteiger partial charge in [-0.3, -0.25) is 4.79 Å². The summed E-state index contributed by atoms with van der Waals surface area (Å²) in [7, 11) is 0. The Morgan fingerprint density at radius 1 is 1.24 bits per heavy atom. The zero-order valence-corrected chi connectivity index (χ0v) is 12.6. The molecule has 0 bridgehead atoms. The SMILES string of the molecule is O=C([C@H]1C[C@H](O)CN1)N1CCN(c2ccccc2Cl)CC1. The fraction of sp³-hybridized carbons (Fsp3) is 0.533. The number of halogens is 1. The topological polar surface area (TPSA) is 55.8 Å². The van der Waals surface area contributed by atoms with Gasteiger partial charge < -0.3 is 20.2 Å². The number of nitrogens with one attached hydrogen (secondary N) is 1. The monoisotopic (exact) mass is 309 g/mol. The molecule has 2 heterocycles. The molecule has 2 N–H and O–H groups in total. The molecular formula is C15H20ClN3O2. The Balaban J connectivity index is 1.58. The van der Waals surface area contributed by atoms with E-state index in [1.807, 2.05) is 29.2 Å². The highest BCUT2D eigenvalue weighted by Gasteiger charge is 2.32. The molecule has 21 heavy (non-hydrogen) atoms. The van der Waals surface area contributed by atoms with Crippen molar-refractivity contribution in [1.82, 2.24) is 10.2 Å². The molecule has 2 aliphatic rings. The maximum absolute atomic E-state index is 12.4. The minimum atomic E-state index is -0.400. The van der Waals surface area contributed by atoms with Crippen LogP contribution in [0.3, 0.4) is 0 Å². The number of anilines is 1. The summed E-state index contributed by atoms with van der Waals surface area (Å²) in [6.07, 6.45) is 0.118. The molecule has 1 aromatic rings. The maximum atomic E-state index is 12.4. The number of rotatable bonds is 2. The summed E-state index contributed by atoms with van der Waals surface area (Å²) in [6, 6.07) is 7.56. The van der Waals surface area contributed by atoms with Crippen LogP contribution in [0, 0.1) is 0 Å². The van der Waals surface area contributed by atoms with E-state index in [1.54, 1.807) is 0 Å². The summed E-state index contributed by atoms with van der Waals surface area (Å²) in [5.74, 6) is 0.102. The zero-order valence-electron chi connectivity index (χ0n) is 11.8. The van der Waals surface area contributed by atoms with Crippen LogP contribution in [0.25, 0.3) is 0 Å². The third-order valence-electron chi connectivity index (χ3n) is 4.19. The van der Waals surface area contributed by atoms with Crippen molar-refractivity contribution >= 4 is 23.2 Å². The predicted molar refractivity (Wildman–Crippen MR) is 82.7 cm³/mol. The number of para-hydroxylation sites is 1. The van der Waals surface area contributed by atoms with Crippen molar-refractivity contribution in [3.8, 4) is 0 Å². The second kappa shape index (κ2) is 6.22. The predicted octanol–water partition coefficient (Wildman–Crippen LogP) is 0.711. The van der Waals surface area contributed by atoms with Crippen molar-refractivity contribution in [3.05, 3.63) is 29.3 Å². The first-order chi connectivity index (χ1) is 10.1. The Bertz CT molecular complexity index is 517. The van der Waals surface area contributed by atoms with E-state index in [0.29, 0.717) is 26.1 Å². The van der Waals surface area contributed by atoms with Gasteiger partial charge in [-0.25, -0.2) is 0 Å². The number of carbonyl (C=O) groups excluding carboxylic acids is 1. The van der Waals surface area contributed by atoms with Crippen molar-refractivity contribution in [2.24, 2.45) is 0 Å². The molecule has 0 aromatic heterocycles. The Morgan fingerprint density at radius 3 is 2.57 bits per heavy atom. The lowest BCUT2D eigenvalue weighted by molar-refractivity contribution is -0.133. The van der Waals surface area contributed by atoms with Gasteiger partial charge in [0.2, 0.25) is 5.91 Å². The number of β-amino-alcohol motifs (C(OH)–C–C–N with tert-alkyl or cyclic N) is 1. The highest BCUT2D eigenvalue weighted by atomic mass is 35.5. The van der Waals surface area contributed by atoms with Gasteiger partial charge >= 0.3 is 0 Å². The van der Waals surface area contributed by atoms with Crippen molar-refractivity contribution in [2.45, 2.75) is 18.6 Å². The molecule has 1 aromatic carbocycles. The molecule has 6 heteroatoms. The summed E-state index contributed by atoms with van der Waals surface area (Å²) in [5, 5.41) is 13.3. The molecule has 1 amide bonds. The van der Waals surface area contributed by atoms with Crippen LogP contribution >= 0.6 is 11.6 Å². The molecule has 2 fully saturated rings. The maximum Gasteiger partial charge on any atom is 0.239 e. The number of hydrogen-bond acceptors (Lipinski definition) is 4. The molecule has 0 aliphatic carbocycles. The van der Waals surface area contributed by atoms with Gasteiger partial charge in [0.1, 0.15) is 0 Å². The molecule has 0 unspecified atom stereocenters. The molecule has 2 saturated heterocycles. The summed E-state index contributed by atoms with van der Waals surface area (Å²) in [5.41, 5.74) is 1.03. The number of carbonyl (C=O) groups is 1. The van der Waals surface area contributed by atoms with Gasteiger partial charge in [-0.1, -0.05) is 23.7 Å². The minimum absolute atomic E-state index is 0.102. The van der Waals surface area contributed by atoms with Gasteiger partial charge in [0, 0.05) is 32.7 Å². The molecular weight excluding hydrogens is 290 g/mol. The number of piperazine rings is 1. The number of benzene rings is 1. The van der Waals surface area contributed by atoms with Gasteiger partial charge in [-0.15, -0.1) is 0 Å². The van der Waals surface area contributed by atoms with E-state index >= 15 is 0 Å². The van der Waals surface area contributed by atoms with Crippen LogP contribution in [0.15, 0.2) is 24.3 Å². The highest BCUT2D eigenvalue weighted by molar-refractivity contribution is 6.33. The van der Waals surface area contributed by atoms with Gasteiger partial charge in [-0.2, -0.15) is 0 Å². The summed E-state index contributed by atoms with van der Waals surface area (Å²) in [6.45, 7) is 3.46. The number of hydrogen-bond donors (Lipinski definition) is 2. The molecule has 5 nitrogen and oxygen atoms in total. The van der Waals surface area contributed by atoms with E-state index in [9.17, 15) is 9.90 Å².